The number of nitrogens with one attached hydrogen (secondary N) is 1. The van der Waals surface area contributed by atoms with Crippen LogP contribution in [0, 0.1) is 0 Å². The summed E-state index contributed by atoms with van der Waals surface area (Å²) in [5, 5.41) is 11.4. The molecular formula is C23H25N7O3. The second kappa shape index (κ2) is 8.97. The van der Waals surface area contributed by atoms with Crippen molar-refractivity contribution in [3.05, 3.63) is 53.1 Å². The van der Waals surface area contributed by atoms with Crippen LogP contribution in [0.4, 0.5) is 10.6 Å². The molecule has 0 aliphatic carbocycles. The molecule has 0 saturated carbocycles. The number of carbonyl (C=O) groups excluding carboxylic acids is 2. The van der Waals surface area contributed by atoms with Crippen molar-refractivity contribution in [1.29, 1.82) is 0 Å². The third kappa shape index (κ3) is 4.28. The Morgan fingerprint density at radius 1 is 1.12 bits per heavy atom. The van der Waals surface area contributed by atoms with E-state index in [0.29, 0.717) is 43.5 Å². The van der Waals surface area contributed by atoms with E-state index >= 15 is 0 Å². The van der Waals surface area contributed by atoms with Gasteiger partial charge in [-0.25, -0.2) is 9.78 Å². The summed E-state index contributed by atoms with van der Waals surface area (Å²) < 4.78 is 7.20. The molecule has 10 heteroatoms. The molecule has 0 bridgehead atoms. The zero-order valence-electron chi connectivity index (χ0n) is 18.5. The summed E-state index contributed by atoms with van der Waals surface area (Å²) in [7, 11) is 0. The fourth-order valence-corrected chi connectivity index (χ4v) is 4.24. The molecule has 5 heterocycles. The highest BCUT2D eigenvalue weighted by atomic mass is 16.6. The third-order valence-electron chi connectivity index (χ3n) is 5.93. The van der Waals surface area contributed by atoms with Crippen LogP contribution in [0.25, 0.3) is 11.5 Å². The normalized spacial score (nSPS) is 14.9. The lowest BCUT2D eigenvalue weighted by molar-refractivity contribution is 0.102. The maximum Gasteiger partial charge on any atom is 0.410 e. The second-order valence-corrected chi connectivity index (χ2v) is 8.12. The van der Waals surface area contributed by atoms with Crippen molar-refractivity contribution in [2.24, 2.45) is 0 Å². The molecule has 10 nitrogen and oxygen atoms in total. The average Bonchev–Trinajstić information content (AvgIpc) is 3.28. The van der Waals surface area contributed by atoms with Gasteiger partial charge in [-0.1, -0.05) is 6.07 Å². The SMILES string of the molecule is CCOC(=O)N1CCc2cnc(C(=O)Nc3cccc(-c4nnc5n4CCCC5)n3)cc2C1. The monoisotopic (exact) mass is 447 g/mol. The van der Waals surface area contributed by atoms with Gasteiger partial charge in [0.1, 0.15) is 23.0 Å². The zero-order valence-corrected chi connectivity index (χ0v) is 18.5. The van der Waals surface area contributed by atoms with E-state index < -0.39 is 0 Å². The van der Waals surface area contributed by atoms with E-state index in [9.17, 15) is 9.59 Å². The highest BCUT2D eigenvalue weighted by Crippen LogP contribution is 2.23. The Bertz CT molecular complexity index is 1210. The Hall–Kier alpha value is -3.82. The molecule has 0 unspecified atom stereocenters. The maximum absolute atomic E-state index is 12.9. The van der Waals surface area contributed by atoms with E-state index in [-0.39, 0.29) is 17.7 Å². The minimum absolute atomic E-state index is 0.270. The van der Waals surface area contributed by atoms with Gasteiger partial charge < -0.3 is 19.5 Å². The summed E-state index contributed by atoms with van der Waals surface area (Å²) in [6.45, 7) is 3.95. The molecule has 0 saturated heterocycles. The number of hydrogen-bond donors (Lipinski definition) is 1. The van der Waals surface area contributed by atoms with E-state index in [1.807, 2.05) is 12.1 Å². The van der Waals surface area contributed by atoms with Gasteiger partial charge in [-0.2, -0.15) is 0 Å². The van der Waals surface area contributed by atoms with Gasteiger partial charge in [-0.3, -0.25) is 9.78 Å². The molecule has 3 aromatic heterocycles. The number of anilines is 1. The minimum Gasteiger partial charge on any atom is -0.450 e. The topological polar surface area (TPSA) is 115 Å². The van der Waals surface area contributed by atoms with Crippen molar-refractivity contribution < 1.29 is 14.3 Å². The molecule has 3 aromatic rings. The molecule has 0 spiro atoms. The first kappa shape index (κ1) is 21.0. The summed E-state index contributed by atoms with van der Waals surface area (Å²) >= 11 is 0. The number of amides is 2. The molecule has 170 valence electrons. The number of fused-ring (bicyclic) bond motifs is 2. The highest BCUT2D eigenvalue weighted by Gasteiger charge is 2.23. The Morgan fingerprint density at radius 2 is 2.03 bits per heavy atom. The number of aromatic nitrogens is 5. The van der Waals surface area contributed by atoms with E-state index in [2.05, 4.69) is 30.0 Å². The van der Waals surface area contributed by atoms with E-state index in [0.717, 1.165) is 42.8 Å². The third-order valence-corrected chi connectivity index (χ3v) is 5.93. The molecule has 2 aliphatic heterocycles. The zero-order chi connectivity index (χ0) is 22.8. The van der Waals surface area contributed by atoms with Crippen molar-refractivity contribution in [2.45, 2.75) is 45.7 Å². The number of rotatable bonds is 4. The van der Waals surface area contributed by atoms with Crippen LogP contribution >= 0.6 is 0 Å². The Morgan fingerprint density at radius 3 is 2.91 bits per heavy atom. The van der Waals surface area contributed by atoms with Gasteiger partial charge >= 0.3 is 6.09 Å². The van der Waals surface area contributed by atoms with Crippen LogP contribution in [0.1, 0.15) is 47.2 Å². The molecule has 5 rings (SSSR count). The molecule has 0 atom stereocenters. The van der Waals surface area contributed by atoms with Crippen LogP contribution in [0.2, 0.25) is 0 Å². The van der Waals surface area contributed by atoms with Crippen LogP contribution in [-0.2, 0) is 30.7 Å². The summed E-state index contributed by atoms with van der Waals surface area (Å²) in [6, 6.07) is 7.16. The van der Waals surface area contributed by atoms with Crippen molar-refractivity contribution in [2.75, 3.05) is 18.5 Å². The Balaban J connectivity index is 1.33. The predicted molar refractivity (Wildman–Crippen MR) is 120 cm³/mol. The standard InChI is InChI=1S/C23H25N7O3/c1-2-33-23(32)29-11-9-15-13-24-18(12-16(15)14-29)22(31)26-19-7-5-6-17(25-19)21-28-27-20-8-3-4-10-30(20)21/h5-7,12-13H,2-4,8-11,14H2,1H3,(H,25,26,31). The summed E-state index contributed by atoms with van der Waals surface area (Å²) in [4.78, 5) is 35.5. The number of ether oxygens (including phenoxy) is 1. The lowest BCUT2D eigenvalue weighted by Crippen LogP contribution is -2.36. The van der Waals surface area contributed by atoms with Crippen LogP contribution in [0.3, 0.4) is 0 Å². The van der Waals surface area contributed by atoms with Crippen LogP contribution in [-0.4, -0.2) is 54.8 Å². The van der Waals surface area contributed by atoms with E-state index in [4.69, 9.17) is 4.74 Å². The first-order valence-electron chi connectivity index (χ1n) is 11.2. The maximum atomic E-state index is 12.9. The molecular weight excluding hydrogens is 422 g/mol. The number of nitrogens with zero attached hydrogens (tertiary/aromatic N) is 6. The van der Waals surface area contributed by atoms with Gasteiger partial charge in [0.2, 0.25) is 0 Å². The number of aryl methyl sites for hydroxylation is 1. The smallest absolute Gasteiger partial charge is 0.410 e. The number of pyridine rings is 2. The number of hydrogen-bond acceptors (Lipinski definition) is 7. The van der Waals surface area contributed by atoms with E-state index in [1.165, 1.54) is 0 Å². The van der Waals surface area contributed by atoms with Crippen molar-refractivity contribution >= 4 is 17.8 Å². The van der Waals surface area contributed by atoms with Gasteiger partial charge in [-0.15, -0.1) is 10.2 Å². The van der Waals surface area contributed by atoms with Crippen LogP contribution < -0.4 is 5.32 Å². The van der Waals surface area contributed by atoms with E-state index in [1.54, 1.807) is 30.2 Å². The molecule has 33 heavy (non-hydrogen) atoms. The van der Waals surface area contributed by atoms with Gasteiger partial charge in [-0.05, 0) is 55.5 Å². The lowest BCUT2D eigenvalue weighted by Gasteiger charge is -2.28. The van der Waals surface area contributed by atoms with Crippen molar-refractivity contribution in [3.63, 3.8) is 0 Å². The fraction of sp³-hybridized carbons (Fsp3) is 0.391. The van der Waals surface area contributed by atoms with Crippen LogP contribution in [0.5, 0.6) is 0 Å². The molecule has 0 radical (unpaired) electrons. The second-order valence-electron chi connectivity index (χ2n) is 8.12. The van der Waals surface area contributed by atoms with Crippen molar-refractivity contribution in [3.8, 4) is 11.5 Å². The largest absolute Gasteiger partial charge is 0.450 e. The number of carbonyl (C=O) groups is 2. The summed E-state index contributed by atoms with van der Waals surface area (Å²) in [5.74, 6) is 1.74. The lowest BCUT2D eigenvalue weighted by atomic mass is 10.0. The minimum atomic E-state index is -0.362. The summed E-state index contributed by atoms with van der Waals surface area (Å²) in [5.41, 5.74) is 2.86. The van der Waals surface area contributed by atoms with Gasteiger partial charge in [0.15, 0.2) is 5.82 Å². The van der Waals surface area contributed by atoms with Crippen LogP contribution in [0.15, 0.2) is 30.5 Å². The van der Waals surface area contributed by atoms with Crippen molar-refractivity contribution in [1.82, 2.24) is 29.6 Å². The molecule has 1 N–H and O–H groups in total. The Labute approximate surface area is 191 Å². The van der Waals surface area contributed by atoms with Gasteiger partial charge in [0.05, 0.1) is 6.61 Å². The molecule has 2 aliphatic rings. The average molecular weight is 447 g/mol. The first-order chi connectivity index (χ1) is 16.1. The molecule has 0 fully saturated rings. The highest BCUT2D eigenvalue weighted by molar-refractivity contribution is 6.02. The predicted octanol–water partition coefficient (Wildman–Crippen LogP) is 2.84. The first-order valence-corrected chi connectivity index (χ1v) is 11.2. The molecule has 0 aromatic carbocycles. The Kier molecular flexibility index (Phi) is 5.72. The molecule has 2 amide bonds. The summed E-state index contributed by atoms with van der Waals surface area (Å²) in [6.07, 6.45) is 5.16. The fourth-order valence-electron chi connectivity index (χ4n) is 4.24. The quantitative estimate of drug-likeness (QED) is 0.654. The van der Waals surface area contributed by atoms with Gasteiger partial charge in [0.25, 0.3) is 5.91 Å². The van der Waals surface area contributed by atoms with Gasteiger partial charge in [0, 0.05) is 32.3 Å².